The first-order valence-electron chi connectivity index (χ1n) is 5.44. The monoisotopic (exact) mass is 234 g/mol. The number of hydrogen-bond donors (Lipinski definition) is 2. The lowest BCUT2D eigenvalue weighted by Crippen LogP contribution is -2.40. The third kappa shape index (κ3) is 2.06. The Balaban J connectivity index is 2.38. The number of nitrogens with zero attached hydrogens (tertiary/aromatic N) is 2. The van der Waals surface area contributed by atoms with Crippen LogP contribution in [0.5, 0.6) is 0 Å². The molecule has 2 aliphatic rings. The van der Waals surface area contributed by atoms with Gasteiger partial charge in [-0.1, -0.05) is 13.0 Å². The van der Waals surface area contributed by atoms with Crippen LogP contribution in [0.3, 0.4) is 0 Å². The van der Waals surface area contributed by atoms with Gasteiger partial charge in [-0.3, -0.25) is 10.1 Å². The molecule has 0 aromatic heterocycles. The van der Waals surface area contributed by atoms with Gasteiger partial charge in [0.2, 0.25) is 0 Å². The summed E-state index contributed by atoms with van der Waals surface area (Å²) in [4.78, 5) is 29.2. The molecule has 2 aliphatic heterocycles. The molecule has 0 aromatic rings. The van der Waals surface area contributed by atoms with Crippen LogP contribution in [0, 0.1) is 0 Å². The van der Waals surface area contributed by atoms with Crippen molar-refractivity contribution in [1.29, 1.82) is 0 Å². The van der Waals surface area contributed by atoms with Crippen molar-refractivity contribution in [3.8, 4) is 0 Å². The maximum absolute atomic E-state index is 11.8. The molecule has 0 fully saturated rings. The van der Waals surface area contributed by atoms with Crippen LogP contribution in [0.25, 0.3) is 0 Å². The van der Waals surface area contributed by atoms with Gasteiger partial charge in [-0.25, -0.2) is 9.79 Å². The van der Waals surface area contributed by atoms with Gasteiger partial charge in [0, 0.05) is 13.0 Å². The van der Waals surface area contributed by atoms with E-state index in [0.717, 1.165) is 5.84 Å². The SMILES string of the molecule is C=CCN1C2=CC(N=C1CC)NC(=O)NC2=O. The number of imide groups is 1. The predicted molar refractivity (Wildman–Crippen MR) is 63.2 cm³/mol. The highest BCUT2D eigenvalue weighted by Gasteiger charge is 2.30. The summed E-state index contributed by atoms with van der Waals surface area (Å²) >= 11 is 0. The van der Waals surface area contributed by atoms with Gasteiger partial charge in [0.25, 0.3) is 5.91 Å². The smallest absolute Gasteiger partial charge is 0.322 e. The molecule has 2 rings (SSSR count). The van der Waals surface area contributed by atoms with Crippen molar-refractivity contribution in [3.05, 3.63) is 24.4 Å². The maximum Gasteiger partial charge on any atom is 0.323 e. The van der Waals surface area contributed by atoms with Crippen LogP contribution in [0.1, 0.15) is 13.3 Å². The summed E-state index contributed by atoms with van der Waals surface area (Å²) in [5.74, 6) is 0.359. The van der Waals surface area contributed by atoms with Crippen molar-refractivity contribution in [3.63, 3.8) is 0 Å². The van der Waals surface area contributed by atoms with Gasteiger partial charge >= 0.3 is 6.03 Å². The molecule has 2 N–H and O–H groups in total. The summed E-state index contributed by atoms with van der Waals surface area (Å²) in [6, 6.07) is -0.522. The highest BCUT2D eigenvalue weighted by atomic mass is 16.2. The van der Waals surface area contributed by atoms with Crippen molar-refractivity contribution >= 4 is 17.8 Å². The minimum Gasteiger partial charge on any atom is -0.322 e. The number of amides is 3. The number of amidine groups is 1. The second kappa shape index (κ2) is 4.40. The Kier molecular flexibility index (Phi) is 2.95. The molecule has 17 heavy (non-hydrogen) atoms. The fourth-order valence-corrected chi connectivity index (χ4v) is 1.87. The van der Waals surface area contributed by atoms with E-state index in [-0.39, 0.29) is 0 Å². The Labute approximate surface area is 99.1 Å². The first kappa shape index (κ1) is 11.4. The number of urea groups is 1. The summed E-state index contributed by atoms with van der Waals surface area (Å²) in [6.45, 7) is 6.10. The maximum atomic E-state index is 11.8. The zero-order chi connectivity index (χ0) is 12.4. The standard InChI is InChI=1S/C11H14N4O2/c1-3-5-15-7-6-8(12-9(15)4-2)13-11(17)14-10(7)16/h3,6,8H,1,4-5H2,2H3,(H2,13,14,16,17). The van der Waals surface area contributed by atoms with E-state index in [4.69, 9.17) is 0 Å². The Bertz CT molecular complexity index is 439. The highest BCUT2D eigenvalue weighted by molar-refractivity contribution is 6.08. The molecule has 0 aromatic carbocycles. The van der Waals surface area contributed by atoms with Crippen LogP contribution in [-0.4, -0.2) is 35.4 Å². The molecule has 1 unspecified atom stereocenters. The van der Waals surface area contributed by atoms with E-state index >= 15 is 0 Å². The number of rotatable bonds is 3. The average molecular weight is 234 g/mol. The normalized spacial score (nSPS) is 23.1. The Hall–Kier alpha value is -2.11. The first-order valence-corrected chi connectivity index (χ1v) is 5.44. The Morgan fingerprint density at radius 1 is 1.59 bits per heavy atom. The largest absolute Gasteiger partial charge is 0.323 e. The van der Waals surface area contributed by atoms with Crippen LogP contribution in [0.4, 0.5) is 4.79 Å². The van der Waals surface area contributed by atoms with Gasteiger partial charge in [-0.05, 0) is 6.08 Å². The summed E-state index contributed by atoms with van der Waals surface area (Å²) < 4.78 is 0. The van der Waals surface area contributed by atoms with E-state index in [2.05, 4.69) is 22.2 Å². The molecule has 0 radical (unpaired) electrons. The van der Waals surface area contributed by atoms with Gasteiger partial charge in [-0.15, -0.1) is 6.58 Å². The third-order valence-electron chi connectivity index (χ3n) is 2.57. The Morgan fingerprint density at radius 3 is 3.00 bits per heavy atom. The number of carbonyl (C=O) groups excluding carboxylic acids is 2. The minimum absolute atomic E-state index is 0.410. The lowest BCUT2D eigenvalue weighted by molar-refractivity contribution is -0.117. The molecule has 0 spiro atoms. The predicted octanol–water partition coefficient (Wildman–Crippen LogP) is 0.346. The zero-order valence-electron chi connectivity index (χ0n) is 9.56. The lowest BCUT2D eigenvalue weighted by atomic mass is 10.2. The summed E-state index contributed by atoms with van der Waals surface area (Å²) in [5.41, 5.74) is 0.445. The second-order valence-corrected chi connectivity index (χ2v) is 3.72. The fraction of sp³-hybridized carbons (Fsp3) is 0.364. The van der Waals surface area contributed by atoms with Gasteiger partial charge in [0.15, 0.2) is 0 Å². The summed E-state index contributed by atoms with van der Waals surface area (Å²) in [7, 11) is 0. The fourth-order valence-electron chi connectivity index (χ4n) is 1.87. The van der Waals surface area contributed by atoms with Crippen LogP contribution < -0.4 is 10.6 Å². The van der Waals surface area contributed by atoms with Gasteiger partial charge in [-0.2, -0.15) is 0 Å². The van der Waals surface area contributed by atoms with Gasteiger partial charge < -0.3 is 10.2 Å². The van der Waals surface area contributed by atoms with Crippen molar-refractivity contribution in [2.75, 3.05) is 6.54 Å². The number of nitrogens with one attached hydrogen (secondary N) is 2. The number of aliphatic imine (C=N–C) groups is 1. The quantitative estimate of drug-likeness (QED) is 0.692. The van der Waals surface area contributed by atoms with Crippen molar-refractivity contribution in [1.82, 2.24) is 15.5 Å². The molecule has 2 bridgehead atoms. The third-order valence-corrected chi connectivity index (χ3v) is 2.57. The molecular formula is C11H14N4O2. The van der Waals surface area contributed by atoms with E-state index in [9.17, 15) is 9.59 Å². The Morgan fingerprint density at radius 2 is 2.35 bits per heavy atom. The van der Waals surface area contributed by atoms with E-state index in [1.807, 2.05) is 6.92 Å². The number of fused-ring (bicyclic) bond motifs is 1. The van der Waals surface area contributed by atoms with Crippen molar-refractivity contribution in [2.24, 2.45) is 4.99 Å². The summed E-state index contributed by atoms with van der Waals surface area (Å²) in [6.07, 6.45) is 3.56. The minimum atomic E-state index is -0.522. The van der Waals surface area contributed by atoms with E-state index in [1.165, 1.54) is 0 Å². The molecule has 1 atom stereocenters. The number of hydrogen-bond acceptors (Lipinski definition) is 4. The molecule has 2 heterocycles. The van der Waals surface area contributed by atoms with E-state index < -0.39 is 18.1 Å². The van der Waals surface area contributed by atoms with Crippen LogP contribution in [-0.2, 0) is 4.79 Å². The molecule has 0 saturated heterocycles. The second-order valence-electron chi connectivity index (χ2n) is 3.72. The van der Waals surface area contributed by atoms with Gasteiger partial charge in [0.05, 0.1) is 0 Å². The van der Waals surface area contributed by atoms with Gasteiger partial charge in [0.1, 0.15) is 17.7 Å². The molecule has 6 nitrogen and oxygen atoms in total. The molecule has 0 aliphatic carbocycles. The molecule has 0 saturated carbocycles. The summed E-state index contributed by atoms with van der Waals surface area (Å²) in [5, 5.41) is 4.82. The van der Waals surface area contributed by atoms with Crippen LogP contribution in [0.2, 0.25) is 0 Å². The van der Waals surface area contributed by atoms with Crippen molar-refractivity contribution in [2.45, 2.75) is 19.5 Å². The van der Waals surface area contributed by atoms with E-state index in [0.29, 0.717) is 18.7 Å². The zero-order valence-corrected chi connectivity index (χ0v) is 9.56. The first-order chi connectivity index (χ1) is 8.15. The van der Waals surface area contributed by atoms with E-state index in [1.54, 1.807) is 17.1 Å². The van der Waals surface area contributed by atoms with Crippen molar-refractivity contribution < 1.29 is 9.59 Å². The average Bonchev–Trinajstić information content (AvgIpc) is 2.40. The molecule has 3 amide bonds. The van der Waals surface area contributed by atoms with Crippen LogP contribution in [0.15, 0.2) is 29.4 Å². The molecule has 6 heteroatoms. The molecule has 90 valence electrons. The lowest BCUT2D eigenvalue weighted by Gasteiger charge is -2.29. The number of carbonyl (C=O) groups is 2. The highest BCUT2D eigenvalue weighted by Crippen LogP contribution is 2.17. The molecular weight excluding hydrogens is 220 g/mol. The topological polar surface area (TPSA) is 73.8 Å². The van der Waals surface area contributed by atoms with Crippen LogP contribution >= 0.6 is 0 Å².